The lowest BCUT2D eigenvalue weighted by molar-refractivity contribution is 0.106. The van der Waals surface area contributed by atoms with Crippen LogP contribution in [0.4, 0.5) is 4.39 Å². The molecule has 0 radical (unpaired) electrons. The molecule has 1 aliphatic carbocycles. The molecule has 2 aromatic carbocycles. The zero-order chi connectivity index (χ0) is 16.1. The van der Waals surface area contributed by atoms with Gasteiger partial charge in [0.15, 0.2) is 6.61 Å². The van der Waals surface area contributed by atoms with Crippen LogP contribution in [0.1, 0.15) is 24.8 Å². The van der Waals surface area contributed by atoms with Crippen molar-refractivity contribution in [2.24, 2.45) is 11.1 Å². The van der Waals surface area contributed by atoms with Crippen LogP contribution in [0.25, 0.3) is 0 Å². The van der Waals surface area contributed by atoms with Gasteiger partial charge in [-0.05, 0) is 49.1 Å². The lowest BCUT2D eigenvalue weighted by Crippen LogP contribution is -2.06. The first-order chi connectivity index (χ1) is 11.2. The number of hydrogen-bond donors (Lipinski definition) is 0. The van der Waals surface area contributed by atoms with Crippen molar-refractivity contribution in [3.8, 4) is 5.75 Å². The van der Waals surface area contributed by atoms with Crippen LogP contribution in [-0.2, 0) is 4.84 Å². The van der Waals surface area contributed by atoms with E-state index in [-0.39, 0.29) is 5.82 Å². The zero-order valence-corrected chi connectivity index (χ0v) is 13.1. The normalized spacial score (nSPS) is 20.2. The van der Waals surface area contributed by atoms with Crippen molar-refractivity contribution in [3.05, 3.63) is 66.0 Å². The van der Waals surface area contributed by atoms with Gasteiger partial charge in [0, 0.05) is 5.92 Å². The third-order valence-electron chi connectivity index (χ3n) is 4.02. The molecule has 0 bridgehead atoms. The fourth-order valence-electron chi connectivity index (χ4n) is 2.66. The summed E-state index contributed by atoms with van der Waals surface area (Å²) in [6.07, 6.45) is 1.05. The molecule has 3 rings (SSSR count). The molecule has 1 aliphatic rings. The van der Waals surface area contributed by atoms with Gasteiger partial charge in [0.25, 0.3) is 0 Å². The minimum absolute atomic E-state index is 0.196. The smallest absolute Gasteiger partial charge is 0.151 e. The van der Waals surface area contributed by atoms with E-state index in [1.54, 1.807) is 0 Å². The Kier molecular flexibility index (Phi) is 4.91. The predicted molar refractivity (Wildman–Crippen MR) is 88.2 cm³/mol. The van der Waals surface area contributed by atoms with Crippen LogP contribution in [0, 0.1) is 11.7 Å². The molecule has 0 aromatic heterocycles. The topological polar surface area (TPSA) is 30.8 Å². The second kappa shape index (κ2) is 7.27. The van der Waals surface area contributed by atoms with Crippen LogP contribution in [-0.4, -0.2) is 18.9 Å². The van der Waals surface area contributed by atoms with Crippen LogP contribution < -0.4 is 4.74 Å². The van der Waals surface area contributed by atoms with Gasteiger partial charge in [0.2, 0.25) is 0 Å². The SMILES string of the molecule is C/C(=N/OCCOc1ccccc1)[C@@H]1C[C@@H]1c1ccc(F)cc1. The third-order valence-corrected chi connectivity index (χ3v) is 4.02. The summed E-state index contributed by atoms with van der Waals surface area (Å²) in [6, 6.07) is 16.3. The number of oxime groups is 1. The van der Waals surface area contributed by atoms with Gasteiger partial charge >= 0.3 is 0 Å². The van der Waals surface area contributed by atoms with Gasteiger partial charge < -0.3 is 9.57 Å². The lowest BCUT2D eigenvalue weighted by atomic mass is 10.1. The number of benzene rings is 2. The quantitative estimate of drug-likeness (QED) is 0.431. The largest absolute Gasteiger partial charge is 0.490 e. The second-order valence-corrected chi connectivity index (χ2v) is 5.73. The number of nitrogens with zero attached hydrogens (tertiary/aromatic N) is 1. The Hall–Kier alpha value is -2.36. The molecule has 0 saturated heterocycles. The number of hydrogen-bond acceptors (Lipinski definition) is 3. The fraction of sp³-hybridized carbons (Fsp3) is 0.316. The predicted octanol–water partition coefficient (Wildman–Crippen LogP) is 4.40. The maximum atomic E-state index is 12.9. The van der Waals surface area contributed by atoms with E-state index in [4.69, 9.17) is 9.57 Å². The van der Waals surface area contributed by atoms with Crippen LogP contribution in [0.2, 0.25) is 0 Å². The van der Waals surface area contributed by atoms with E-state index >= 15 is 0 Å². The zero-order valence-electron chi connectivity index (χ0n) is 13.1. The average Bonchev–Trinajstić information content (AvgIpc) is 3.37. The summed E-state index contributed by atoms with van der Waals surface area (Å²) >= 11 is 0. The highest BCUT2D eigenvalue weighted by molar-refractivity contribution is 5.87. The fourth-order valence-corrected chi connectivity index (χ4v) is 2.66. The van der Waals surface area contributed by atoms with Crippen molar-refractivity contribution in [2.45, 2.75) is 19.3 Å². The van der Waals surface area contributed by atoms with Crippen molar-refractivity contribution in [1.82, 2.24) is 0 Å². The summed E-state index contributed by atoms with van der Waals surface area (Å²) in [5, 5.41) is 4.17. The van der Waals surface area contributed by atoms with Gasteiger partial charge in [-0.2, -0.15) is 0 Å². The number of para-hydroxylation sites is 1. The molecule has 2 aromatic rings. The maximum absolute atomic E-state index is 12.9. The number of halogens is 1. The summed E-state index contributed by atoms with van der Waals surface area (Å²) in [7, 11) is 0. The first-order valence-corrected chi connectivity index (χ1v) is 7.84. The lowest BCUT2D eigenvalue weighted by Gasteiger charge is -2.05. The Bertz CT molecular complexity index is 655. The molecule has 2 atom stereocenters. The first-order valence-electron chi connectivity index (χ1n) is 7.84. The van der Waals surface area contributed by atoms with E-state index in [1.807, 2.05) is 49.4 Å². The highest BCUT2D eigenvalue weighted by Crippen LogP contribution is 2.48. The van der Waals surface area contributed by atoms with Crippen molar-refractivity contribution in [3.63, 3.8) is 0 Å². The minimum Gasteiger partial charge on any atom is -0.490 e. The summed E-state index contributed by atoms with van der Waals surface area (Å²) in [4.78, 5) is 5.32. The van der Waals surface area contributed by atoms with Crippen LogP contribution in [0.15, 0.2) is 59.8 Å². The molecule has 120 valence electrons. The Labute approximate surface area is 135 Å². The summed E-state index contributed by atoms with van der Waals surface area (Å²) in [5.74, 6) is 1.47. The van der Waals surface area contributed by atoms with Crippen molar-refractivity contribution in [1.29, 1.82) is 0 Å². The molecule has 0 amide bonds. The molecule has 3 nitrogen and oxygen atoms in total. The number of rotatable bonds is 7. The van der Waals surface area contributed by atoms with E-state index in [0.717, 1.165) is 17.9 Å². The Morgan fingerprint density at radius 2 is 1.83 bits per heavy atom. The van der Waals surface area contributed by atoms with Gasteiger partial charge in [-0.15, -0.1) is 0 Å². The molecular weight excluding hydrogens is 293 g/mol. The Balaban J connectivity index is 1.40. The summed E-state index contributed by atoms with van der Waals surface area (Å²) < 4.78 is 18.5. The molecule has 23 heavy (non-hydrogen) atoms. The molecule has 0 spiro atoms. The van der Waals surface area contributed by atoms with Crippen molar-refractivity contribution in [2.75, 3.05) is 13.2 Å². The van der Waals surface area contributed by atoms with E-state index < -0.39 is 0 Å². The molecule has 4 heteroatoms. The molecule has 1 saturated carbocycles. The minimum atomic E-state index is -0.196. The first kappa shape index (κ1) is 15.5. The monoisotopic (exact) mass is 313 g/mol. The Morgan fingerprint density at radius 1 is 1.09 bits per heavy atom. The Morgan fingerprint density at radius 3 is 2.57 bits per heavy atom. The van der Waals surface area contributed by atoms with Gasteiger partial charge in [-0.3, -0.25) is 0 Å². The maximum Gasteiger partial charge on any atom is 0.151 e. The highest BCUT2D eigenvalue weighted by atomic mass is 19.1. The molecule has 0 aliphatic heterocycles. The second-order valence-electron chi connectivity index (χ2n) is 5.73. The highest BCUT2D eigenvalue weighted by Gasteiger charge is 2.40. The van der Waals surface area contributed by atoms with Gasteiger partial charge in [-0.25, -0.2) is 4.39 Å². The molecule has 0 N–H and O–H groups in total. The molecule has 0 heterocycles. The van der Waals surface area contributed by atoms with Crippen LogP contribution >= 0.6 is 0 Å². The van der Waals surface area contributed by atoms with E-state index in [0.29, 0.717) is 25.0 Å². The van der Waals surface area contributed by atoms with E-state index in [2.05, 4.69) is 5.16 Å². The van der Waals surface area contributed by atoms with E-state index in [9.17, 15) is 4.39 Å². The number of ether oxygens (including phenoxy) is 1. The molecular formula is C19H20FNO2. The van der Waals surface area contributed by atoms with Crippen molar-refractivity contribution >= 4 is 5.71 Å². The van der Waals surface area contributed by atoms with Gasteiger partial charge in [0.05, 0.1) is 5.71 Å². The van der Waals surface area contributed by atoms with Crippen LogP contribution in [0.5, 0.6) is 5.75 Å². The third kappa shape index (κ3) is 4.31. The van der Waals surface area contributed by atoms with Crippen LogP contribution in [0.3, 0.4) is 0 Å². The standard InChI is InChI=1S/C19H20FNO2/c1-14(18-13-19(18)15-7-9-16(20)10-8-15)21-23-12-11-22-17-5-3-2-4-6-17/h2-10,18-19H,11-13H2,1H3/b21-14-/t18-,19+/m0/s1. The summed E-state index contributed by atoms with van der Waals surface area (Å²) in [5.41, 5.74) is 2.15. The van der Waals surface area contributed by atoms with Gasteiger partial charge in [-0.1, -0.05) is 35.5 Å². The van der Waals surface area contributed by atoms with Crippen molar-refractivity contribution < 1.29 is 14.0 Å². The summed E-state index contributed by atoms with van der Waals surface area (Å²) in [6.45, 7) is 2.86. The van der Waals surface area contributed by atoms with Gasteiger partial charge in [0.1, 0.15) is 18.2 Å². The molecule has 0 unspecified atom stereocenters. The average molecular weight is 313 g/mol. The molecule has 1 fully saturated rings. The van der Waals surface area contributed by atoms with E-state index in [1.165, 1.54) is 17.7 Å².